The summed E-state index contributed by atoms with van der Waals surface area (Å²) in [7, 11) is 0. The monoisotopic (exact) mass is 232 g/mol. The number of hydrogen-bond acceptors (Lipinski definition) is 4. The predicted octanol–water partition coefficient (Wildman–Crippen LogP) is -0.840. The maximum atomic E-state index is 10.7. The number of aliphatic carboxylic acids is 2. The van der Waals surface area contributed by atoms with Gasteiger partial charge in [-0.1, -0.05) is 0 Å². The molecule has 92 valence electrons. The first-order valence-corrected chi connectivity index (χ1v) is 4.89. The molecule has 0 spiro atoms. The van der Waals surface area contributed by atoms with Gasteiger partial charge in [0.25, 0.3) is 0 Å². The molecule has 0 aromatic carbocycles. The van der Waals surface area contributed by atoms with Crippen LogP contribution in [0, 0.1) is 0 Å². The highest BCUT2D eigenvalue weighted by Crippen LogP contribution is 1.98. The van der Waals surface area contributed by atoms with Crippen molar-refractivity contribution in [2.75, 3.05) is 6.54 Å². The Bertz CT molecular complexity index is 267. The molecule has 16 heavy (non-hydrogen) atoms. The fourth-order valence-electron chi connectivity index (χ4n) is 1.12. The molecule has 0 saturated heterocycles. The molecule has 0 unspecified atom stereocenters. The molecule has 0 rings (SSSR count). The molecular weight excluding hydrogens is 216 g/mol. The highest BCUT2D eigenvalue weighted by atomic mass is 16.4. The average Bonchev–Trinajstić information content (AvgIpc) is 2.15. The van der Waals surface area contributed by atoms with Gasteiger partial charge in [-0.05, 0) is 19.4 Å². The molecule has 1 amide bonds. The van der Waals surface area contributed by atoms with Crippen LogP contribution in [-0.4, -0.2) is 40.6 Å². The molecule has 0 aromatic rings. The van der Waals surface area contributed by atoms with Crippen LogP contribution in [0.3, 0.4) is 0 Å². The fraction of sp³-hybridized carbons (Fsp3) is 0.667. The lowest BCUT2D eigenvalue weighted by Gasteiger charge is -2.12. The van der Waals surface area contributed by atoms with Crippen LogP contribution < -0.4 is 11.1 Å². The summed E-state index contributed by atoms with van der Waals surface area (Å²) in [5.74, 6) is -2.55. The summed E-state index contributed by atoms with van der Waals surface area (Å²) in [5.41, 5.74) is 4.90. The minimum Gasteiger partial charge on any atom is -0.481 e. The minimum atomic E-state index is -1.07. The Morgan fingerprint density at radius 1 is 1.19 bits per heavy atom. The van der Waals surface area contributed by atoms with Crippen LogP contribution >= 0.6 is 0 Å². The summed E-state index contributed by atoms with van der Waals surface area (Å²) in [6.45, 7) is 0.280. The first kappa shape index (κ1) is 14.4. The summed E-state index contributed by atoms with van der Waals surface area (Å²) in [6, 6.07) is -0.860. The van der Waals surface area contributed by atoms with Gasteiger partial charge in [-0.2, -0.15) is 0 Å². The Hall–Kier alpha value is -1.63. The van der Waals surface area contributed by atoms with Crippen molar-refractivity contribution >= 4 is 17.8 Å². The lowest BCUT2D eigenvalue weighted by molar-refractivity contribution is -0.139. The van der Waals surface area contributed by atoms with E-state index >= 15 is 0 Å². The second-order valence-electron chi connectivity index (χ2n) is 3.35. The fourth-order valence-corrected chi connectivity index (χ4v) is 1.12. The van der Waals surface area contributed by atoms with Gasteiger partial charge in [0, 0.05) is 12.8 Å². The third kappa shape index (κ3) is 7.74. The molecule has 0 heterocycles. The molecule has 7 heteroatoms. The molecule has 0 aliphatic carbocycles. The smallest absolute Gasteiger partial charge is 0.320 e. The minimum absolute atomic E-state index is 0.0110. The molecule has 5 N–H and O–H groups in total. The molecule has 0 aliphatic rings. The Balaban J connectivity index is 3.81. The van der Waals surface area contributed by atoms with Gasteiger partial charge in [-0.25, -0.2) is 0 Å². The Morgan fingerprint density at radius 3 is 2.25 bits per heavy atom. The molecule has 0 radical (unpaired) electrons. The van der Waals surface area contributed by atoms with Gasteiger partial charge in [-0.15, -0.1) is 0 Å². The number of carboxylic acids is 2. The van der Waals surface area contributed by atoms with E-state index in [2.05, 4.69) is 5.32 Å². The standard InChI is InChI=1S/C9H16N2O5/c10-7(12)4-3-6(9(15)16)11-5-1-2-8(13)14/h6,11H,1-5H2,(H2,10,12)(H,13,14)(H,15,16)/t6-/m0/s1. The quantitative estimate of drug-likeness (QED) is 0.383. The van der Waals surface area contributed by atoms with E-state index in [0.717, 1.165) is 0 Å². The van der Waals surface area contributed by atoms with Crippen LogP contribution in [0.25, 0.3) is 0 Å². The van der Waals surface area contributed by atoms with Crippen LogP contribution in [-0.2, 0) is 14.4 Å². The molecule has 0 bridgehead atoms. The van der Waals surface area contributed by atoms with Crippen LogP contribution in [0.1, 0.15) is 25.7 Å². The number of amides is 1. The first-order valence-electron chi connectivity index (χ1n) is 4.89. The molecule has 0 fully saturated rings. The van der Waals surface area contributed by atoms with Crippen LogP contribution in [0.2, 0.25) is 0 Å². The van der Waals surface area contributed by atoms with Crippen molar-refractivity contribution < 1.29 is 24.6 Å². The Labute approximate surface area is 92.6 Å². The van der Waals surface area contributed by atoms with Crippen molar-refractivity contribution in [3.05, 3.63) is 0 Å². The number of primary amides is 1. The summed E-state index contributed by atoms with van der Waals surface area (Å²) in [6.07, 6.45) is 0.422. The largest absolute Gasteiger partial charge is 0.481 e. The normalized spacial score (nSPS) is 12.0. The number of carboxylic acid groups (broad SMARTS) is 2. The lowest BCUT2D eigenvalue weighted by Crippen LogP contribution is -2.38. The van der Waals surface area contributed by atoms with E-state index in [0.29, 0.717) is 6.42 Å². The average molecular weight is 232 g/mol. The zero-order valence-electron chi connectivity index (χ0n) is 8.81. The van der Waals surface area contributed by atoms with Gasteiger partial charge in [0.05, 0.1) is 0 Å². The molecular formula is C9H16N2O5. The maximum Gasteiger partial charge on any atom is 0.320 e. The van der Waals surface area contributed by atoms with Crippen LogP contribution in [0.5, 0.6) is 0 Å². The van der Waals surface area contributed by atoms with Crippen molar-refractivity contribution in [2.24, 2.45) is 5.73 Å². The summed E-state index contributed by atoms with van der Waals surface area (Å²) < 4.78 is 0. The number of carbonyl (C=O) groups excluding carboxylic acids is 1. The van der Waals surface area contributed by atoms with Gasteiger partial charge < -0.3 is 21.3 Å². The summed E-state index contributed by atoms with van der Waals surface area (Å²) in [5, 5.41) is 19.8. The van der Waals surface area contributed by atoms with Crippen LogP contribution in [0.4, 0.5) is 0 Å². The van der Waals surface area contributed by atoms with Gasteiger partial charge in [0.15, 0.2) is 0 Å². The molecule has 1 atom stereocenters. The molecule has 0 saturated carbocycles. The molecule has 0 aromatic heterocycles. The van der Waals surface area contributed by atoms with Gasteiger partial charge in [-0.3, -0.25) is 14.4 Å². The summed E-state index contributed by atoms with van der Waals surface area (Å²) in [4.78, 5) is 31.4. The Morgan fingerprint density at radius 2 is 1.81 bits per heavy atom. The van der Waals surface area contributed by atoms with Crippen molar-refractivity contribution in [1.29, 1.82) is 0 Å². The van der Waals surface area contributed by atoms with E-state index in [1.54, 1.807) is 0 Å². The first-order chi connectivity index (χ1) is 7.43. The topological polar surface area (TPSA) is 130 Å². The lowest BCUT2D eigenvalue weighted by atomic mass is 10.1. The van der Waals surface area contributed by atoms with Crippen molar-refractivity contribution in [3.8, 4) is 0 Å². The van der Waals surface area contributed by atoms with Crippen molar-refractivity contribution in [3.63, 3.8) is 0 Å². The third-order valence-electron chi connectivity index (χ3n) is 1.94. The summed E-state index contributed by atoms with van der Waals surface area (Å²) >= 11 is 0. The number of hydrogen-bond donors (Lipinski definition) is 4. The SMILES string of the molecule is NC(=O)CC[C@H](NCCCC(=O)O)C(=O)O. The van der Waals surface area contributed by atoms with Gasteiger partial charge >= 0.3 is 11.9 Å². The van der Waals surface area contributed by atoms with E-state index in [-0.39, 0.29) is 25.8 Å². The zero-order chi connectivity index (χ0) is 12.6. The second-order valence-corrected chi connectivity index (χ2v) is 3.35. The Kier molecular flexibility index (Phi) is 6.86. The van der Waals surface area contributed by atoms with Crippen molar-refractivity contribution in [2.45, 2.75) is 31.7 Å². The number of nitrogens with two attached hydrogens (primary N) is 1. The number of nitrogens with one attached hydrogen (secondary N) is 1. The number of rotatable bonds is 9. The highest BCUT2D eigenvalue weighted by molar-refractivity contribution is 5.77. The molecule has 0 aliphatic heterocycles. The second kappa shape index (κ2) is 7.63. The molecule has 7 nitrogen and oxygen atoms in total. The van der Waals surface area contributed by atoms with E-state index in [1.165, 1.54) is 0 Å². The maximum absolute atomic E-state index is 10.7. The van der Waals surface area contributed by atoms with E-state index < -0.39 is 23.9 Å². The third-order valence-corrected chi connectivity index (χ3v) is 1.94. The number of carbonyl (C=O) groups is 3. The van der Waals surface area contributed by atoms with E-state index in [1.807, 2.05) is 0 Å². The van der Waals surface area contributed by atoms with Crippen molar-refractivity contribution in [1.82, 2.24) is 5.32 Å². The van der Waals surface area contributed by atoms with E-state index in [9.17, 15) is 14.4 Å². The predicted molar refractivity (Wildman–Crippen MR) is 54.7 cm³/mol. The van der Waals surface area contributed by atoms with Gasteiger partial charge in [0.1, 0.15) is 6.04 Å². The highest BCUT2D eigenvalue weighted by Gasteiger charge is 2.16. The van der Waals surface area contributed by atoms with Crippen LogP contribution in [0.15, 0.2) is 0 Å². The van der Waals surface area contributed by atoms with E-state index in [4.69, 9.17) is 15.9 Å². The van der Waals surface area contributed by atoms with Gasteiger partial charge in [0.2, 0.25) is 5.91 Å². The zero-order valence-corrected chi connectivity index (χ0v) is 8.81.